The fourth-order valence-corrected chi connectivity index (χ4v) is 4.12. The van der Waals surface area contributed by atoms with Gasteiger partial charge in [-0.2, -0.15) is 0 Å². The number of nitrogens with zero attached hydrogens (tertiary/aromatic N) is 1. The van der Waals surface area contributed by atoms with Crippen molar-refractivity contribution in [3.05, 3.63) is 29.3 Å². The van der Waals surface area contributed by atoms with Crippen molar-refractivity contribution in [3.8, 4) is 0 Å². The number of rotatable bonds is 5. The third-order valence-corrected chi connectivity index (χ3v) is 5.48. The molecule has 1 aromatic carbocycles. The summed E-state index contributed by atoms with van der Waals surface area (Å²) in [7, 11) is -0.626. The number of benzene rings is 1. The smallest absolute Gasteiger partial charge is 0.337 e. The Morgan fingerprint density at radius 2 is 2.10 bits per heavy atom. The topological polar surface area (TPSA) is 72.9 Å². The van der Waals surface area contributed by atoms with Crippen molar-refractivity contribution in [2.45, 2.75) is 19.4 Å². The highest BCUT2D eigenvalue weighted by molar-refractivity contribution is 7.92. The molecule has 6 nitrogen and oxygen atoms in total. The summed E-state index contributed by atoms with van der Waals surface area (Å²) in [5.74, 6) is -0.492. The van der Waals surface area contributed by atoms with Crippen LogP contribution >= 0.6 is 0 Å². The van der Waals surface area contributed by atoms with E-state index >= 15 is 0 Å². The predicted molar refractivity (Wildman–Crippen MR) is 79.1 cm³/mol. The van der Waals surface area contributed by atoms with Gasteiger partial charge < -0.3 is 9.47 Å². The normalized spacial score (nSPS) is 15.7. The second-order valence-electron chi connectivity index (χ2n) is 4.98. The first kappa shape index (κ1) is 15.8. The van der Waals surface area contributed by atoms with Crippen LogP contribution in [-0.2, 0) is 25.9 Å². The fourth-order valence-electron chi connectivity index (χ4n) is 2.36. The molecule has 1 heterocycles. The Kier molecular flexibility index (Phi) is 4.53. The number of hydrogen-bond acceptors (Lipinski definition) is 5. The zero-order valence-corrected chi connectivity index (χ0v) is 13.1. The number of methoxy groups -OCH3 is 2. The second-order valence-corrected chi connectivity index (χ2v) is 6.92. The van der Waals surface area contributed by atoms with Crippen LogP contribution in [0.15, 0.2) is 18.2 Å². The van der Waals surface area contributed by atoms with Crippen molar-refractivity contribution >= 4 is 21.7 Å². The molecule has 0 bridgehead atoms. The summed E-state index contributed by atoms with van der Waals surface area (Å²) in [5, 5.41) is 0. The molecule has 0 aliphatic carbocycles. The molecular formula is C14H19NO5S. The van der Waals surface area contributed by atoms with E-state index in [1.165, 1.54) is 18.5 Å². The summed E-state index contributed by atoms with van der Waals surface area (Å²) in [6.07, 6.45) is 0.217. The molecule has 116 valence electrons. The van der Waals surface area contributed by atoms with Gasteiger partial charge in [-0.3, -0.25) is 4.31 Å². The van der Waals surface area contributed by atoms with Crippen LogP contribution < -0.4 is 4.31 Å². The van der Waals surface area contributed by atoms with Crippen molar-refractivity contribution in [2.24, 2.45) is 0 Å². The molecule has 0 radical (unpaired) electrons. The lowest BCUT2D eigenvalue weighted by Crippen LogP contribution is -2.35. The Hall–Kier alpha value is -1.60. The summed E-state index contributed by atoms with van der Waals surface area (Å²) in [4.78, 5) is 11.5. The quantitative estimate of drug-likeness (QED) is 0.764. The van der Waals surface area contributed by atoms with Gasteiger partial charge in [-0.05, 0) is 37.1 Å². The standard InChI is InChI=1S/C14H19NO5S/c1-10(19-2)9-21(17,18)15-7-6-11-8-12(14(16)20-3)4-5-13(11)15/h4-5,8,10H,6-7,9H2,1-3H3. The Morgan fingerprint density at radius 1 is 1.38 bits per heavy atom. The SMILES string of the molecule is COC(=O)c1ccc2c(c1)CCN2S(=O)(=O)CC(C)OC. The van der Waals surface area contributed by atoms with Gasteiger partial charge >= 0.3 is 5.97 Å². The van der Waals surface area contributed by atoms with E-state index in [1.54, 1.807) is 25.1 Å². The maximum Gasteiger partial charge on any atom is 0.337 e. The maximum absolute atomic E-state index is 12.4. The first-order valence-corrected chi connectivity index (χ1v) is 8.24. The van der Waals surface area contributed by atoms with E-state index in [9.17, 15) is 13.2 Å². The zero-order chi connectivity index (χ0) is 15.6. The molecule has 1 unspecified atom stereocenters. The van der Waals surface area contributed by atoms with Gasteiger partial charge in [0.2, 0.25) is 10.0 Å². The van der Waals surface area contributed by atoms with E-state index in [4.69, 9.17) is 4.74 Å². The molecule has 0 fully saturated rings. The number of ether oxygens (including phenoxy) is 2. The van der Waals surface area contributed by atoms with Gasteiger partial charge in [-0.25, -0.2) is 13.2 Å². The van der Waals surface area contributed by atoms with Gasteiger partial charge in [0.1, 0.15) is 0 Å². The van der Waals surface area contributed by atoms with Crippen LogP contribution in [-0.4, -0.2) is 47.0 Å². The molecule has 0 spiro atoms. The van der Waals surface area contributed by atoms with E-state index in [-0.39, 0.29) is 11.9 Å². The number of fused-ring (bicyclic) bond motifs is 1. The number of esters is 1. The van der Waals surface area contributed by atoms with Crippen molar-refractivity contribution in [2.75, 3.05) is 30.8 Å². The van der Waals surface area contributed by atoms with Crippen LogP contribution in [0.4, 0.5) is 5.69 Å². The maximum atomic E-state index is 12.4. The average Bonchev–Trinajstić information content (AvgIpc) is 2.89. The van der Waals surface area contributed by atoms with Crippen LogP contribution in [0.2, 0.25) is 0 Å². The van der Waals surface area contributed by atoms with E-state index in [0.29, 0.717) is 24.2 Å². The molecule has 7 heteroatoms. The molecule has 0 saturated carbocycles. The van der Waals surface area contributed by atoms with Crippen LogP contribution in [0, 0.1) is 0 Å². The number of carbonyl (C=O) groups is 1. The van der Waals surface area contributed by atoms with Gasteiger partial charge in [0.15, 0.2) is 0 Å². The third kappa shape index (κ3) is 3.19. The molecule has 0 N–H and O–H groups in total. The molecule has 1 aliphatic heterocycles. The van der Waals surface area contributed by atoms with Crippen LogP contribution in [0.25, 0.3) is 0 Å². The van der Waals surface area contributed by atoms with E-state index < -0.39 is 16.0 Å². The summed E-state index contributed by atoms with van der Waals surface area (Å²) in [6.45, 7) is 2.10. The van der Waals surface area contributed by atoms with Crippen LogP contribution in [0.3, 0.4) is 0 Å². The molecule has 0 amide bonds. The summed E-state index contributed by atoms with van der Waals surface area (Å²) < 4.78 is 35.9. The minimum Gasteiger partial charge on any atom is -0.465 e. The van der Waals surface area contributed by atoms with Gasteiger partial charge in [-0.1, -0.05) is 0 Å². The molecule has 1 aliphatic rings. The van der Waals surface area contributed by atoms with Gasteiger partial charge in [0.05, 0.1) is 30.2 Å². The molecule has 0 saturated heterocycles. The predicted octanol–water partition coefficient (Wildman–Crippen LogP) is 1.20. The monoisotopic (exact) mass is 313 g/mol. The Balaban J connectivity index is 2.28. The molecule has 2 rings (SSSR count). The first-order valence-electron chi connectivity index (χ1n) is 6.63. The largest absolute Gasteiger partial charge is 0.465 e. The zero-order valence-electron chi connectivity index (χ0n) is 12.3. The van der Waals surface area contributed by atoms with Crippen LogP contribution in [0.1, 0.15) is 22.8 Å². The number of sulfonamides is 1. The minimum absolute atomic E-state index is 0.0678. The highest BCUT2D eigenvalue weighted by Gasteiger charge is 2.31. The lowest BCUT2D eigenvalue weighted by atomic mass is 10.1. The van der Waals surface area contributed by atoms with Gasteiger partial charge in [0.25, 0.3) is 0 Å². The number of hydrogen-bond donors (Lipinski definition) is 0. The Morgan fingerprint density at radius 3 is 2.71 bits per heavy atom. The Labute approximate surface area is 124 Å². The number of carbonyl (C=O) groups excluding carboxylic acids is 1. The molecular weight excluding hydrogens is 294 g/mol. The molecule has 1 atom stereocenters. The third-order valence-electron chi connectivity index (χ3n) is 3.54. The van der Waals surface area contributed by atoms with E-state index in [0.717, 1.165) is 5.56 Å². The van der Waals surface area contributed by atoms with Crippen molar-refractivity contribution in [3.63, 3.8) is 0 Å². The van der Waals surface area contributed by atoms with Crippen molar-refractivity contribution in [1.29, 1.82) is 0 Å². The van der Waals surface area contributed by atoms with Crippen molar-refractivity contribution in [1.82, 2.24) is 0 Å². The van der Waals surface area contributed by atoms with Crippen LogP contribution in [0.5, 0.6) is 0 Å². The lowest BCUT2D eigenvalue weighted by Gasteiger charge is -2.21. The highest BCUT2D eigenvalue weighted by Crippen LogP contribution is 2.31. The summed E-state index contributed by atoms with van der Waals surface area (Å²) >= 11 is 0. The van der Waals surface area contributed by atoms with Crippen molar-refractivity contribution < 1.29 is 22.7 Å². The molecule has 0 aromatic heterocycles. The first-order chi connectivity index (χ1) is 9.89. The highest BCUT2D eigenvalue weighted by atomic mass is 32.2. The fraction of sp³-hybridized carbons (Fsp3) is 0.500. The second kappa shape index (κ2) is 6.03. The summed E-state index contributed by atoms with van der Waals surface area (Å²) in [5.41, 5.74) is 1.90. The Bertz CT molecular complexity index is 641. The molecule has 1 aromatic rings. The lowest BCUT2D eigenvalue weighted by molar-refractivity contribution is 0.0600. The van der Waals surface area contributed by atoms with E-state index in [2.05, 4.69) is 4.74 Å². The van der Waals surface area contributed by atoms with E-state index in [1.807, 2.05) is 0 Å². The summed E-state index contributed by atoms with van der Waals surface area (Å²) in [6, 6.07) is 4.93. The number of anilines is 1. The molecule has 21 heavy (non-hydrogen) atoms. The van der Waals surface area contributed by atoms with Gasteiger partial charge in [-0.15, -0.1) is 0 Å². The minimum atomic E-state index is -3.43. The van der Waals surface area contributed by atoms with Gasteiger partial charge in [0, 0.05) is 13.7 Å². The average molecular weight is 313 g/mol.